The fraction of sp³-hybridized carbons (Fsp3) is 0.611. The monoisotopic (exact) mass is 307 g/mol. The first-order valence-corrected chi connectivity index (χ1v) is 9.30. The van der Waals surface area contributed by atoms with Gasteiger partial charge in [-0.3, -0.25) is 4.79 Å². The summed E-state index contributed by atoms with van der Waals surface area (Å²) < 4.78 is 0. The molecule has 0 bridgehead atoms. The fourth-order valence-electron chi connectivity index (χ4n) is 2.22. The van der Waals surface area contributed by atoms with Gasteiger partial charge in [-0.15, -0.1) is 0 Å². The number of rotatable bonds is 11. The molecule has 1 N–H and O–H groups in total. The minimum Gasteiger partial charge on any atom is -0.356 e. The molecule has 1 aromatic carbocycles. The smallest absolute Gasteiger partial charge is 0.220 e. The van der Waals surface area contributed by atoms with Gasteiger partial charge < -0.3 is 5.32 Å². The van der Waals surface area contributed by atoms with Crippen LogP contribution in [-0.2, 0) is 10.5 Å². The Bertz CT molecular complexity index is 380. The van der Waals surface area contributed by atoms with E-state index in [1.165, 1.54) is 24.8 Å². The Balaban J connectivity index is 2.08. The summed E-state index contributed by atoms with van der Waals surface area (Å²) in [5.41, 5.74) is 1.33. The first-order chi connectivity index (χ1) is 10.3. The topological polar surface area (TPSA) is 29.1 Å². The third-order valence-corrected chi connectivity index (χ3v) is 4.75. The molecule has 0 aliphatic carbocycles. The summed E-state index contributed by atoms with van der Waals surface area (Å²) >= 11 is 1.83. The van der Waals surface area contributed by atoms with E-state index >= 15 is 0 Å². The minimum absolute atomic E-state index is 0.200. The highest BCUT2D eigenvalue weighted by Gasteiger charge is 2.08. The first-order valence-electron chi connectivity index (χ1n) is 8.14. The molecule has 1 rings (SSSR count). The van der Waals surface area contributed by atoms with Gasteiger partial charge in [0, 0.05) is 24.5 Å². The first kappa shape index (κ1) is 18.1. The maximum absolute atomic E-state index is 11.8. The molecule has 1 aromatic rings. The van der Waals surface area contributed by atoms with Crippen LogP contribution < -0.4 is 5.32 Å². The fourth-order valence-corrected chi connectivity index (χ4v) is 3.12. The average molecular weight is 308 g/mol. The molecule has 0 aliphatic rings. The van der Waals surface area contributed by atoms with Gasteiger partial charge >= 0.3 is 0 Å². The number of amides is 1. The molecular formula is C18H29NOS. The van der Waals surface area contributed by atoms with Crippen LogP contribution in [0.3, 0.4) is 0 Å². The van der Waals surface area contributed by atoms with E-state index in [4.69, 9.17) is 0 Å². The molecule has 3 heteroatoms. The van der Waals surface area contributed by atoms with Crippen molar-refractivity contribution in [2.75, 3.05) is 12.3 Å². The van der Waals surface area contributed by atoms with Gasteiger partial charge in [0.15, 0.2) is 0 Å². The summed E-state index contributed by atoms with van der Waals surface area (Å²) in [5, 5.41) is 3.09. The zero-order valence-corrected chi connectivity index (χ0v) is 14.3. The van der Waals surface area contributed by atoms with Crippen molar-refractivity contribution in [3.63, 3.8) is 0 Å². The Morgan fingerprint density at radius 1 is 1.24 bits per heavy atom. The molecule has 0 aliphatic heterocycles. The number of unbranched alkanes of at least 4 members (excludes halogenated alkanes) is 1. The Morgan fingerprint density at radius 3 is 2.67 bits per heavy atom. The van der Waals surface area contributed by atoms with Crippen molar-refractivity contribution >= 4 is 17.7 Å². The van der Waals surface area contributed by atoms with E-state index in [1.807, 2.05) is 17.8 Å². The molecule has 0 heterocycles. The normalized spacial score (nSPS) is 12.1. The molecule has 0 fully saturated rings. The van der Waals surface area contributed by atoms with E-state index < -0.39 is 0 Å². The number of carbonyl (C=O) groups is 1. The van der Waals surface area contributed by atoms with Crippen LogP contribution in [0.2, 0.25) is 0 Å². The van der Waals surface area contributed by atoms with Gasteiger partial charge in [-0.1, -0.05) is 63.4 Å². The molecule has 0 aromatic heterocycles. The minimum atomic E-state index is 0.200. The average Bonchev–Trinajstić information content (AvgIpc) is 2.53. The number of hydrogen-bond acceptors (Lipinski definition) is 2. The third-order valence-electron chi connectivity index (χ3n) is 3.72. The Labute approximate surface area is 134 Å². The van der Waals surface area contributed by atoms with Crippen LogP contribution in [0.25, 0.3) is 0 Å². The van der Waals surface area contributed by atoms with Crippen LogP contribution in [-0.4, -0.2) is 18.2 Å². The maximum Gasteiger partial charge on any atom is 0.220 e. The molecule has 1 atom stereocenters. The quantitative estimate of drug-likeness (QED) is 0.603. The number of benzene rings is 1. The predicted octanol–water partition coefficient (Wildman–Crippen LogP) is 4.64. The Morgan fingerprint density at radius 2 is 2.00 bits per heavy atom. The second-order valence-electron chi connectivity index (χ2n) is 5.51. The highest BCUT2D eigenvalue weighted by Crippen LogP contribution is 2.13. The van der Waals surface area contributed by atoms with E-state index in [2.05, 4.69) is 43.4 Å². The summed E-state index contributed by atoms with van der Waals surface area (Å²) in [6.45, 7) is 5.27. The van der Waals surface area contributed by atoms with Crippen molar-refractivity contribution in [2.45, 2.75) is 51.7 Å². The molecule has 21 heavy (non-hydrogen) atoms. The van der Waals surface area contributed by atoms with Gasteiger partial charge in [-0.25, -0.2) is 0 Å². The molecule has 0 spiro atoms. The Kier molecular flexibility index (Phi) is 10.1. The summed E-state index contributed by atoms with van der Waals surface area (Å²) in [7, 11) is 0. The van der Waals surface area contributed by atoms with Gasteiger partial charge in [-0.2, -0.15) is 11.8 Å². The lowest BCUT2D eigenvalue weighted by Crippen LogP contribution is -2.29. The van der Waals surface area contributed by atoms with Gasteiger partial charge in [0.2, 0.25) is 5.91 Å². The molecule has 1 amide bonds. The van der Waals surface area contributed by atoms with Crippen LogP contribution in [0.15, 0.2) is 30.3 Å². The van der Waals surface area contributed by atoms with Crippen molar-refractivity contribution in [3.05, 3.63) is 35.9 Å². The van der Waals surface area contributed by atoms with Gasteiger partial charge in [-0.05, 0) is 17.9 Å². The summed E-state index contributed by atoms with van der Waals surface area (Å²) in [6, 6.07) is 10.4. The second-order valence-corrected chi connectivity index (χ2v) is 6.61. The van der Waals surface area contributed by atoms with Crippen LogP contribution in [0.5, 0.6) is 0 Å². The van der Waals surface area contributed by atoms with Gasteiger partial charge in [0.25, 0.3) is 0 Å². The predicted molar refractivity (Wildman–Crippen MR) is 93.5 cm³/mol. The molecule has 118 valence electrons. The van der Waals surface area contributed by atoms with Crippen molar-refractivity contribution in [1.29, 1.82) is 0 Å². The number of thioether (sulfide) groups is 1. The highest BCUT2D eigenvalue weighted by atomic mass is 32.2. The summed E-state index contributed by atoms with van der Waals surface area (Å²) in [5.74, 6) is 2.73. The van der Waals surface area contributed by atoms with E-state index in [0.29, 0.717) is 12.3 Å². The summed E-state index contributed by atoms with van der Waals surface area (Å²) in [6.07, 6.45) is 5.52. The van der Waals surface area contributed by atoms with E-state index in [1.54, 1.807) is 0 Å². The standard InChI is InChI=1S/C18H29NOS/c1-3-5-9-16(4-2)14-19-18(20)12-13-21-15-17-10-7-6-8-11-17/h6-8,10-11,16H,3-5,9,12-15H2,1-2H3,(H,19,20). The van der Waals surface area contributed by atoms with E-state index in [9.17, 15) is 4.79 Å². The zero-order chi connectivity index (χ0) is 15.3. The Hall–Kier alpha value is -0.960. The van der Waals surface area contributed by atoms with E-state index in [-0.39, 0.29) is 5.91 Å². The summed E-state index contributed by atoms with van der Waals surface area (Å²) in [4.78, 5) is 11.8. The SMILES string of the molecule is CCCCC(CC)CNC(=O)CCSCc1ccccc1. The number of hydrogen-bond donors (Lipinski definition) is 1. The molecule has 0 radical (unpaired) electrons. The van der Waals surface area contributed by atoms with Crippen molar-refractivity contribution in [3.8, 4) is 0 Å². The van der Waals surface area contributed by atoms with E-state index in [0.717, 1.165) is 24.5 Å². The largest absolute Gasteiger partial charge is 0.356 e. The van der Waals surface area contributed by atoms with Crippen molar-refractivity contribution < 1.29 is 4.79 Å². The van der Waals surface area contributed by atoms with Crippen LogP contribution >= 0.6 is 11.8 Å². The van der Waals surface area contributed by atoms with Gasteiger partial charge in [0.1, 0.15) is 0 Å². The van der Waals surface area contributed by atoms with Gasteiger partial charge in [0.05, 0.1) is 0 Å². The lowest BCUT2D eigenvalue weighted by Gasteiger charge is -2.15. The van der Waals surface area contributed by atoms with Crippen LogP contribution in [0.1, 0.15) is 51.5 Å². The maximum atomic E-state index is 11.8. The van der Waals surface area contributed by atoms with Crippen LogP contribution in [0.4, 0.5) is 0 Å². The molecular weight excluding hydrogens is 278 g/mol. The lowest BCUT2D eigenvalue weighted by atomic mass is 9.99. The third kappa shape index (κ3) is 8.82. The van der Waals surface area contributed by atoms with Crippen molar-refractivity contribution in [1.82, 2.24) is 5.32 Å². The van der Waals surface area contributed by atoms with Crippen LogP contribution in [0, 0.1) is 5.92 Å². The number of nitrogens with one attached hydrogen (secondary N) is 1. The molecule has 1 unspecified atom stereocenters. The zero-order valence-electron chi connectivity index (χ0n) is 13.4. The lowest BCUT2D eigenvalue weighted by molar-refractivity contribution is -0.120. The molecule has 2 nitrogen and oxygen atoms in total. The number of carbonyl (C=O) groups excluding carboxylic acids is 1. The van der Waals surface area contributed by atoms with Crippen molar-refractivity contribution in [2.24, 2.45) is 5.92 Å². The highest BCUT2D eigenvalue weighted by molar-refractivity contribution is 7.98. The molecule has 0 saturated heterocycles. The second kappa shape index (κ2) is 11.7. The molecule has 0 saturated carbocycles.